The van der Waals surface area contributed by atoms with Crippen molar-refractivity contribution in [2.24, 2.45) is 17.6 Å². The number of carbonyl (C=O) groups excluding carboxylic acids is 3. The number of allylic oxidation sites excluding steroid dienone is 2. The molecule has 0 bridgehead atoms. The molecule has 1 heterocycles. The van der Waals surface area contributed by atoms with E-state index in [0.29, 0.717) is 42.3 Å². The number of aromatic hydroxyl groups is 1. The summed E-state index contributed by atoms with van der Waals surface area (Å²) < 4.78 is 6.10. The molecule has 3 atom stereocenters. The van der Waals surface area contributed by atoms with Crippen LogP contribution in [0.1, 0.15) is 55.3 Å². The van der Waals surface area contributed by atoms with Gasteiger partial charge in [0.05, 0.1) is 24.1 Å². The first-order chi connectivity index (χ1) is 19.3. The number of benzene rings is 1. The molecule has 0 radical (unpaired) electrons. The van der Waals surface area contributed by atoms with Crippen LogP contribution < -0.4 is 5.73 Å². The topological polar surface area (TPSA) is 158 Å². The van der Waals surface area contributed by atoms with Crippen molar-refractivity contribution in [1.82, 2.24) is 9.80 Å². The number of aliphatic hydroxyl groups is 2. The van der Waals surface area contributed by atoms with Crippen LogP contribution in [0.5, 0.6) is 5.75 Å². The Morgan fingerprint density at radius 1 is 1.10 bits per heavy atom. The van der Waals surface area contributed by atoms with Gasteiger partial charge in [-0.3, -0.25) is 24.2 Å². The van der Waals surface area contributed by atoms with Crippen molar-refractivity contribution < 1.29 is 34.1 Å². The van der Waals surface area contributed by atoms with Crippen LogP contribution in [0.15, 0.2) is 51.3 Å². The lowest BCUT2D eigenvalue weighted by molar-refractivity contribution is -0.126. The van der Waals surface area contributed by atoms with Crippen molar-refractivity contribution in [3.63, 3.8) is 0 Å². The first-order valence-corrected chi connectivity index (χ1v) is 13.8. The normalized spacial score (nSPS) is 22.6. The fourth-order valence-electron chi connectivity index (χ4n) is 6.03. The predicted molar refractivity (Wildman–Crippen MR) is 153 cm³/mol. The number of carbonyl (C=O) groups is 3. The summed E-state index contributed by atoms with van der Waals surface area (Å²) in [6, 6.07) is 6.40. The number of aliphatic hydroxyl groups excluding tert-OH is 2. The van der Waals surface area contributed by atoms with Crippen molar-refractivity contribution in [3.05, 3.63) is 63.8 Å². The molecule has 10 nitrogen and oxygen atoms in total. The van der Waals surface area contributed by atoms with Crippen LogP contribution in [0, 0.1) is 11.8 Å². The van der Waals surface area contributed by atoms with Gasteiger partial charge in [0.1, 0.15) is 34.4 Å². The van der Waals surface area contributed by atoms with Gasteiger partial charge in [0.25, 0.3) is 5.91 Å². The minimum atomic E-state index is -1.26. The molecule has 1 aromatic carbocycles. The summed E-state index contributed by atoms with van der Waals surface area (Å²) in [6.45, 7) is 6.58. The highest BCUT2D eigenvalue weighted by molar-refractivity contribution is 6.22. The summed E-state index contributed by atoms with van der Waals surface area (Å²) in [5.74, 6) is -4.23. The standard InChI is InChI=1S/C31H39N3O7/c1-7-17-24(29(38)25(31(32)40)30(39)26(17)33(4)5)28(37)20-10-9-19-18(11-12-21(35)23(19)27(20)36)22-13-8-16(41-22)14-34(6)15(2)3/h8,11-13,15,17,24,26,35,37,39H,7,9-10,14H2,1-6H3,(H2,32,40)/b28-20-/t17?,24?,26-/m0/s1. The Balaban J connectivity index is 1.77. The Labute approximate surface area is 239 Å². The molecule has 0 fully saturated rings. The SMILES string of the molecule is CCC1C(/C(O)=C2\CCc3c(-c4ccc(CN(C)C(C)C)o4)ccc(O)c3C2=O)C(=O)C(C(N)=O)=C(O)[C@H]1N(C)C. The van der Waals surface area contributed by atoms with Gasteiger partial charge in [0, 0.05) is 17.2 Å². The van der Waals surface area contributed by atoms with Crippen LogP contribution in [0.4, 0.5) is 0 Å². The summed E-state index contributed by atoms with van der Waals surface area (Å²) in [4.78, 5) is 43.3. The molecule has 4 rings (SSSR count). The zero-order valence-electron chi connectivity index (χ0n) is 24.4. The molecule has 0 spiro atoms. The quantitative estimate of drug-likeness (QED) is 0.212. The zero-order chi connectivity index (χ0) is 30.3. The van der Waals surface area contributed by atoms with Gasteiger partial charge in [-0.2, -0.15) is 0 Å². The molecule has 0 saturated heterocycles. The largest absolute Gasteiger partial charge is 0.511 e. The average Bonchev–Trinajstić information content (AvgIpc) is 3.35. The van der Waals surface area contributed by atoms with Gasteiger partial charge in [-0.05, 0) is 83.6 Å². The molecule has 1 amide bonds. The van der Waals surface area contributed by atoms with E-state index >= 15 is 0 Å². The van der Waals surface area contributed by atoms with Gasteiger partial charge >= 0.3 is 0 Å². The zero-order valence-corrected chi connectivity index (χ0v) is 24.4. The molecule has 2 aliphatic carbocycles. The summed E-state index contributed by atoms with van der Waals surface area (Å²) in [5.41, 5.74) is 6.17. The van der Waals surface area contributed by atoms with Crippen molar-refractivity contribution in [1.29, 1.82) is 0 Å². The maximum Gasteiger partial charge on any atom is 0.255 e. The maximum atomic E-state index is 13.8. The Bertz CT molecular complexity index is 1450. The number of furan rings is 1. The van der Waals surface area contributed by atoms with Gasteiger partial charge < -0.3 is 25.5 Å². The van der Waals surface area contributed by atoms with Crippen LogP contribution in [0.3, 0.4) is 0 Å². The average molecular weight is 566 g/mol. The number of amides is 1. The summed E-state index contributed by atoms with van der Waals surface area (Å²) in [5, 5.41) is 33.1. The number of Topliss-reactive ketones (excluding diaryl/α,β-unsaturated/α-hetero) is 2. The lowest BCUT2D eigenvalue weighted by Gasteiger charge is -2.40. The lowest BCUT2D eigenvalue weighted by atomic mass is 9.70. The minimum absolute atomic E-state index is 0.0110. The molecule has 0 aliphatic heterocycles. The molecule has 2 unspecified atom stereocenters. The third kappa shape index (κ3) is 5.29. The minimum Gasteiger partial charge on any atom is -0.511 e. The number of hydrogen-bond donors (Lipinski definition) is 4. The van der Waals surface area contributed by atoms with Gasteiger partial charge in [-0.1, -0.05) is 13.3 Å². The van der Waals surface area contributed by atoms with Crippen molar-refractivity contribution in [2.45, 2.75) is 58.7 Å². The number of phenols is 1. The molecule has 41 heavy (non-hydrogen) atoms. The van der Waals surface area contributed by atoms with Gasteiger partial charge in [-0.25, -0.2) is 0 Å². The Morgan fingerprint density at radius 3 is 2.37 bits per heavy atom. The Hall–Kier alpha value is -3.89. The molecule has 2 aliphatic rings. The number of likely N-dealkylation sites (N-methyl/N-ethyl adjacent to an activating group) is 1. The molecule has 1 aromatic heterocycles. The fourth-order valence-corrected chi connectivity index (χ4v) is 6.03. The number of nitrogens with zero attached hydrogens (tertiary/aromatic N) is 2. The Kier molecular flexibility index (Phi) is 8.46. The number of hydrogen-bond acceptors (Lipinski definition) is 9. The second-order valence-corrected chi connectivity index (χ2v) is 11.4. The highest BCUT2D eigenvalue weighted by atomic mass is 16.3. The van der Waals surface area contributed by atoms with E-state index in [-0.39, 0.29) is 23.3 Å². The number of phenolic OH excluding ortho intramolecular Hbond substituents is 1. The number of rotatable bonds is 8. The molecule has 10 heteroatoms. The van der Waals surface area contributed by atoms with E-state index in [9.17, 15) is 29.7 Å². The van der Waals surface area contributed by atoms with E-state index in [1.807, 2.05) is 19.2 Å². The number of nitrogens with two attached hydrogens (primary N) is 1. The molecule has 220 valence electrons. The summed E-state index contributed by atoms with van der Waals surface area (Å²) in [6.07, 6.45) is 0.761. The van der Waals surface area contributed by atoms with E-state index < -0.39 is 52.4 Å². The van der Waals surface area contributed by atoms with Gasteiger partial charge in [0.15, 0.2) is 11.6 Å². The molecule has 2 aromatic rings. The molecule has 0 saturated carbocycles. The first kappa shape index (κ1) is 30.1. The Morgan fingerprint density at radius 2 is 1.78 bits per heavy atom. The van der Waals surface area contributed by atoms with Crippen LogP contribution >= 0.6 is 0 Å². The number of primary amides is 1. The van der Waals surface area contributed by atoms with Crippen LogP contribution in [0.25, 0.3) is 11.3 Å². The van der Waals surface area contributed by atoms with E-state index in [1.54, 1.807) is 32.0 Å². The van der Waals surface area contributed by atoms with Gasteiger partial charge in [-0.15, -0.1) is 0 Å². The van der Waals surface area contributed by atoms with Crippen LogP contribution in [0.2, 0.25) is 0 Å². The van der Waals surface area contributed by atoms with Crippen molar-refractivity contribution in [3.8, 4) is 17.1 Å². The lowest BCUT2D eigenvalue weighted by Crippen LogP contribution is -2.50. The summed E-state index contributed by atoms with van der Waals surface area (Å²) >= 11 is 0. The third-order valence-electron chi connectivity index (χ3n) is 8.41. The maximum absolute atomic E-state index is 13.8. The summed E-state index contributed by atoms with van der Waals surface area (Å²) in [7, 11) is 5.36. The smallest absolute Gasteiger partial charge is 0.255 e. The predicted octanol–water partition coefficient (Wildman–Crippen LogP) is 3.89. The fraction of sp³-hybridized carbons (Fsp3) is 0.452. The molecular weight excluding hydrogens is 526 g/mol. The van der Waals surface area contributed by atoms with E-state index in [4.69, 9.17) is 10.2 Å². The van der Waals surface area contributed by atoms with E-state index in [0.717, 1.165) is 5.76 Å². The highest BCUT2D eigenvalue weighted by Gasteiger charge is 2.49. The van der Waals surface area contributed by atoms with Crippen LogP contribution in [-0.2, 0) is 22.6 Å². The number of fused-ring (bicyclic) bond motifs is 1. The second kappa shape index (κ2) is 11.5. The van der Waals surface area contributed by atoms with Crippen molar-refractivity contribution in [2.75, 3.05) is 21.1 Å². The third-order valence-corrected chi connectivity index (χ3v) is 8.41. The monoisotopic (exact) mass is 565 g/mol. The van der Waals surface area contributed by atoms with Crippen molar-refractivity contribution >= 4 is 17.5 Å². The van der Waals surface area contributed by atoms with Crippen LogP contribution in [-0.4, -0.2) is 75.8 Å². The number of ketones is 2. The first-order valence-electron chi connectivity index (χ1n) is 13.8. The molecule has 5 N–H and O–H groups in total. The molecular formula is C31H39N3O7. The highest BCUT2D eigenvalue weighted by Crippen LogP contribution is 2.43. The van der Waals surface area contributed by atoms with E-state index in [2.05, 4.69) is 18.7 Å². The second-order valence-electron chi connectivity index (χ2n) is 11.4. The van der Waals surface area contributed by atoms with Gasteiger partial charge in [0.2, 0.25) is 0 Å². The van der Waals surface area contributed by atoms with E-state index in [1.165, 1.54) is 6.07 Å².